The summed E-state index contributed by atoms with van der Waals surface area (Å²) in [5.74, 6) is 0.894. The van der Waals surface area contributed by atoms with Gasteiger partial charge in [-0.1, -0.05) is 25.7 Å². The molecular weight excluding hydrogens is 845 g/mol. The lowest BCUT2D eigenvalue weighted by molar-refractivity contribution is -0.363. The van der Waals surface area contributed by atoms with Crippen LogP contribution in [0.4, 0.5) is 4.79 Å². The average molecular weight is 913 g/mol. The molecule has 0 aliphatic carbocycles. The van der Waals surface area contributed by atoms with Gasteiger partial charge in [0.2, 0.25) is 11.8 Å². The van der Waals surface area contributed by atoms with Crippen molar-refractivity contribution in [2.75, 3.05) is 45.3 Å². The number of amides is 4. The van der Waals surface area contributed by atoms with Crippen LogP contribution in [0.5, 0.6) is 0 Å². The highest BCUT2D eigenvalue weighted by atomic mass is 32.2. The summed E-state index contributed by atoms with van der Waals surface area (Å²) in [6.45, 7) is -0.406. The number of rotatable bonds is 25. The van der Waals surface area contributed by atoms with Crippen LogP contribution in [0.15, 0.2) is 0 Å². The number of unbranched alkanes of at least 4 members (excludes halogenated alkanes) is 6. The van der Waals surface area contributed by atoms with E-state index in [0.717, 1.165) is 50.7 Å². The first-order valence-corrected chi connectivity index (χ1v) is 22.9. The highest BCUT2D eigenvalue weighted by Crippen LogP contribution is 2.33. The van der Waals surface area contributed by atoms with Crippen LogP contribution in [-0.4, -0.2) is 212 Å². The molecule has 0 saturated carbocycles. The van der Waals surface area contributed by atoms with E-state index in [1.54, 1.807) is 0 Å². The van der Waals surface area contributed by atoms with Gasteiger partial charge < -0.3 is 95.6 Å². The first-order chi connectivity index (χ1) is 29.8. The quantitative estimate of drug-likeness (QED) is 0.0308. The minimum Gasteiger partial charge on any atom is -0.394 e. The third kappa shape index (κ3) is 14.5. The van der Waals surface area contributed by atoms with Crippen LogP contribution in [0.25, 0.3) is 0 Å². The average Bonchev–Trinajstić information content (AvgIpc) is 3.82. The van der Waals surface area contributed by atoms with Crippen molar-refractivity contribution in [2.24, 2.45) is 0 Å². The summed E-state index contributed by atoms with van der Waals surface area (Å²) in [6, 6.07) is 0.311. The Labute approximate surface area is 364 Å². The van der Waals surface area contributed by atoms with Gasteiger partial charge in [0.25, 0.3) is 0 Å². The third-order valence-corrected chi connectivity index (χ3v) is 13.3. The first-order valence-electron chi connectivity index (χ1n) is 21.9. The van der Waals surface area contributed by atoms with E-state index in [2.05, 4.69) is 21.3 Å². The van der Waals surface area contributed by atoms with E-state index in [-0.39, 0.29) is 36.5 Å². The Hall–Kier alpha value is -2.04. The van der Waals surface area contributed by atoms with Crippen molar-refractivity contribution in [2.45, 2.75) is 180 Å². The van der Waals surface area contributed by atoms with Gasteiger partial charge >= 0.3 is 6.03 Å². The van der Waals surface area contributed by atoms with E-state index in [9.17, 15) is 60.3 Å². The molecule has 0 aromatic heterocycles. The zero-order chi connectivity index (χ0) is 44.8. The Balaban J connectivity index is 0.930. The van der Waals surface area contributed by atoms with Gasteiger partial charge in [-0.3, -0.25) is 9.59 Å². The number of fused-ring (bicyclic) bond motifs is 1. The molecule has 0 radical (unpaired) electrons. The van der Waals surface area contributed by atoms with E-state index in [4.69, 9.17) is 28.4 Å². The Bertz CT molecular complexity index is 1380. The fraction of sp³-hybridized carbons (Fsp3) is 0.923. The largest absolute Gasteiger partial charge is 0.394 e. The van der Waals surface area contributed by atoms with Gasteiger partial charge in [-0.15, -0.1) is 0 Å². The minimum atomic E-state index is -1.74. The highest BCUT2D eigenvalue weighted by molar-refractivity contribution is 8.00. The molecule has 13 N–H and O–H groups in total. The smallest absolute Gasteiger partial charge is 0.315 e. The van der Waals surface area contributed by atoms with Crippen molar-refractivity contribution in [1.29, 1.82) is 0 Å². The normalized spacial score (nSPS) is 38.3. The molecule has 5 aliphatic heterocycles. The van der Waals surface area contributed by atoms with Crippen molar-refractivity contribution in [3.8, 4) is 0 Å². The van der Waals surface area contributed by atoms with Gasteiger partial charge in [-0.2, -0.15) is 11.8 Å². The summed E-state index contributed by atoms with van der Waals surface area (Å²) in [5, 5.41) is 105. The summed E-state index contributed by atoms with van der Waals surface area (Å²) in [7, 11) is 0. The third-order valence-electron chi connectivity index (χ3n) is 11.8. The number of thioether (sulfide) groups is 1. The fourth-order valence-electron chi connectivity index (χ4n) is 8.04. The van der Waals surface area contributed by atoms with E-state index in [1.807, 2.05) is 11.8 Å². The molecular formula is C39H68N4O18S. The molecule has 5 aliphatic rings. The van der Waals surface area contributed by atoms with Crippen molar-refractivity contribution >= 4 is 29.6 Å². The van der Waals surface area contributed by atoms with Crippen LogP contribution in [0.2, 0.25) is 0 Å². The molecule has 62 heavy (non-hydrogen) atoms. The van der Waals surface area contributed by atoms with Crippen molar-refractivity contribution in [3.05, 3.63) is 0 Å². The molecule has 5 rings (SSSR count). The summed E-state index contributed by atoms with van der Waals surface area (Å²) in [4.78, 5) is 36.2. The maximum Gasteiger partial charge on any atom is 0.315 e. The summed E-state index contributed by atoms with van der Waals surface area (Å²) in [6.07, 6.45) is -13.2. The van der Waals surface area contributed by atoms with Crippen LogP contribution in [0.3, 0.4) is 0 Å². The molecule has 0 aromatic carbocycles. The number of aliphatic hydroxyl groups is 9. The van der Waals surface area contributed by atoms with Crippen molar-refractivity contribution in [1.82, 2.24) is 21.3 Å². The van der Waals surface area contributed by atoms with Crippen LogP contribution in [0, 0.1) is 0 Å². The standard InChI is InChI=1S/C39H68N4O18S/c44-16-22-29(49)31(51)34(54)36(59-22)58-18-23-30(50)32(52)35(61-37-33(53)28(48)21(45)17-57-37)38(60-23)56-15-9-3-4-11-25(46)40-13-7-1-2-8-14-41-26(47)12-6-5-10-24-27-20(19-62-24)42-39(55)43-27/h20-24,27-38,44-45,48-54H,1-19H2,(H,40,46)(H,41,47)(H2,42,43,55)/t20-,21+,22+,23+,24-,27-,28-,29+,30+,31-,32-,33+,34-,35-,36-,37-,38+/m0/s1. The van der Waals surface area contributed by atoms with E-state index < -0.39 is 106 Å². The van der Waals surface area contributed by atoms with Crippen LogP contribution in [0.1, 0.15) is 77.0 Å². The zero-order valence-corrected chi connectivity index (χ0v) is 35.7. The molecule has 17 atom stereocenters. The monoisotopic (exact) mass is 912 g/mol. The lowest BCUT2D eigenvalue weighted by atomic mass is 9.98. The molecule has 0 unspecified atom stereocenters. The maximum atomic E-state index is 12.4. The number of hydrogen-bond donors (Lipinski definition) is 13. The number of aliphatic hydroxyl groups excluding tert-OH is 9. The number of carbonyl (C=O) groups excluding carboxylic acids is 3. The summed E-state index contributed by atoms with van der Waals surface area (Å²) in [5.41, 5.74) is 0. The Morgan fingerprint density at radius 1 is 0.677 bits per heavy atom. The second kappa shape index (κ2) is 25.6. The second-order valence-corrected chi connectivity index (χ2v) is 17.8. The lowest BCUT2D eigenvalue weighted by Gasteiger charge is -2.45. The first kappa shape index (κ1) is 51.0. The Morgan fingerprint density at radius 3 is 2.00 bits per heavy atom. The van der Waals surface area contributed by atoms with Gasteiger partial charge in [0.05, 0.1) is 31.9 Å². The SMILES string of the molecule is O=C(CCCCCO[C@@H]1O[C@H](CO[C@H]2O[C@H](CO)[C@@H](O)[C@H](O)[C@@H]2O)[C@@H](O)[C@H](O)[C@@H]1O[C@@H]1OC[C@@H](O)[C@H](O)[C@H]1O)NCCCCCCNC(=O)CCCC[C@@H]1SC[C@@H]2NC(=O)N[C@@H]21. The number of urea groups is 1. The highest BCUT2D eigenvalue weighted by Gasteiger charge is 2.51. The Kier molecular flexibility index (Phi) is 21.0. The second-order valence-electron chi connectivity index (χ2n) is 16.6. The van der Waals surface area contributed by atoms with Gasteiger partial charge in [0, 0.05) is 43.5 Å². The minimum absolute atomic E-state index is 0.0472. The number of hydrogen-bond acceptors (Lipinski definition) is 19. The maximum absolute atomic E-state index is 12.4. The van der Waals surface area contributed by atoms with Gasteiger partial charge in [-0.25, -0.2) is 4.79 Å². The molecule has 0 spiro atoms. The Morgan fingerprint density at radius 2 is 1.31 bits per heavy atom. The molecule has 4 amide bonds. The molecule has 22 nitrogen and oxygen atoms in total. The number of carbonyl (C=O) groups is 3. The number of ether oxygens (including phenoxy) is 6. The molecule has 0 bridgehead atoms. The van der Waals surface area contributed by atoms with Crippen molar-refractivity contribution in [3.63, 3.8) is 0 Å². The van der Waals surface area contributed by atoms with Crippen LogP contribution < -0.4 is 21.3 Å². The zero-order valence-electron chi connectivity index (χ0n) is 34.9. The predicted octanol–water partition coefficient (Wildman–Crippen LogP) is -3.83. The molecule has 23 heteroatoms. The van der Waals surface area contributed by atoms with E-state index in [0.29, 0.717) is 50.4 Å². The van der Waals surface area contributed by atoms with Crippen LogP contribution >= 0.6 is 11.8 Å². The molecule has 0 aromatic rings. The fourth-order valence-corrected chi connectivity index (χ4v) is 9.59. The summed E-state index contributed by atoms with van der Waals surface area (Å²) >= 11 is 1.88. The van der Waals surface area contributed by atoms with E-state index >= 15 is 0 Å². The van der Waals surface area contributed by atoms with Crippen LogP contribution in [-0.2, 0) is 38.0 Å². The number of nitrogens with one attached hydrogen (secondary N) is 4. The lowest BCUT2D eigenvalue weighted by Crippen LogP contribution is -2.64. The molecule has 358 valence electrons. The molecule has 5 heterocycles. The topological polar surface area (TPSA) is 337 Å². The molecule has 5 fully saturated rings. The van der Waals surface area contributed by atoms with Gasteiger partial charge in [-0.05, 0) is 38.5 Å². The van der Waals surface area contributed by atoms with Gasteiger partial charge in [0.1, 0.15) is 67.1 Å². The molecule has 5 saturated heterocycles. The van der Waals surface area contributed by atoms with Gasteiger partial charge in [0.15, 0.2) is 18.9 Å². The summed E-state index contributed by atoms with van der Waals surface area (Å²) < 4.78 is 33.7. The van der Waals surface area contributed by atoms with E-state index in [1.165, 1.54) is 0 Å². The van der Waals surface area contributed by atoms with Crippen molar-refractivity contribution < 1.29 is 88.8 Å². The predicted molar refractivity (Wildman–Crippen MR) is 216 cm³/mol.